The molecule has 2 heterocycles. The average Bonchev–Trinajstić information content (AvgIpc) is 3.08. The topological polar surface area (TPSA) is 71.7 Å². The molecule has 2 N–H and O–H groups in total. The molecule has 0 fully saturated rings. The van der Waals surface area contributed by atoms with Crippen molar-refractivity contribution in [3.05, 3.63) is 47.7 Å². The first-order valence-corrected chi connectivity index (χ1v) is 9.96. The highest BCUT2D eigenvalue weighted by Crippen LogP contribution is 2.39. The number of nitrogens with zero attached hydrogens (tertiary/aromatic N) is 2. The summed E-state index contributed by atoms with van der Waals surface area (Å²) in [5.41, 5.74) is 0.849. The van der Waals surface area contributed by atoms with Crippen molar-refractivity contribution in [3.63, 3.8) is 0 Å². The van der Waals surface area contributed by atoms with Crippen LogP contribution in [0.2, 0.25) is 0 Å². The van der Waals surface area contributed by atoms with Crippen LogP contribution in [0.3, 0.4) is 0 Å². The van der Waals surface area contributed by atoms with E-state index in [-0.39, 0.29) is 41.0 Å². The van der Waals surface area contributed by atoms with E-state index in [4.69, 9.17) is 14.1 Å². The van der Waals surface area contributed by atoms with Gasteiger partial charge in [-0.3, -0.25) is 0 Å². The van der Waals surface area contributed by atoms with Crippen molar-refractivity contribution in [2.45, 2.75) is 71.6 Å². The Labute approximate surface area is 190 Å². The van der Waals surface area contributed by atoms with Gasteiger partial charge in [0.05, 0.1) is 12.2 Å². The molecule has 1 atom stereocenters. The highest BCUT2D eigenvalue weighted by atomic mass is 127. The van der Waals surface area contributed by atoms with E-state index in [0.717, 1.165) is 36.0 Å². The van der Waals surface area contributed by atoms with Gasteiger partial charge in [-0.25, -0.2) is 9.98 Å². The van der Waals surface area contributed by atoms with Gasteiger partial charge in [-0.15, -0.1) is 24.0 Å². The number of ether oxygens (including phenoxy) is 1. The van der Waals surface area contributed by atoms with Gasteiger partial charge >= 0.3 is 0 Å². The van der Waals surface area contributed by atoms with Crippen LogP contribution in [0.1, 0.15) is 71.2 Å². The molecule has 7 heteroatoms. The summed E-state index contributed by atoms with van der Waals surface area (Å²) in [5.74, 6) is 3.16. The molecule has 0 spiro atoms. The maximum atomic E-state index is 6.13. The van der Waals surface area contributed by atoms with Gasteiger partial charge in [0.2, 0.25) is 5.89 Å². The van der Waals surface area contributed by atoms with Crippen LogP contribution in [-0.4, -0.2) is 23.1 Å². The molecule has 1 aromatic carbocycles. The van der Waals surface area contributed by atoms with Crippen molar-refractivity contribution >= 4 is 29.9 Å². The van der Waals surface area contributed by atoms with Crippen LogP contribution in [0.4, 0.5) is 0 Å². The van der Waals surface area contributed by atoms with Crippen molar-refractivity contribution in [1.82, 2.24) is 15.6 Å². The SMILES string of the molecule is CCNC(=NCc1ncc(C(C)(C)C)o1)NC1CC(C)(C)Oc2ccccc21.I. The van der Waals surface area contributed by atoms with E-state index >= 15 is 0 Å². The summed E-state index contributed by atoms with van der Waals surface area (Å²) in [6.07, 6.45) is 2.64. The first kappa shape index (κ1) is 23.5. The Morgan fingerprint density at radius 2 is 2.00 bits per heavy atom. The van der Waals surface area contributed by atoms with Crippen LogP contribution in [0.5, 0.6) is 5.75 Å². The molecule has 1 aliphatic heterocycles. The molecule has 1 unspecified atom stereocenters. The molecule has 29 heavy (non-hydrogen) atoms. The second kappa shape index (κ2) is 9.36. The Morgan fingerprint density at radius 1 is 1.28 bits per heavy atom. The van der Waals surface area contributed by atoms with Gasteiger partial charge in [0.15, 0.2) is 5.96 Å². The predicted molar refractivity (Wildman–Crippen MR) is 127 cm³/mol. The molecule has 1 aromatic heterocycles. The lowest BCUT2D eigenvalue weighted by molar-refractivity contribution is 0.0694. The number of para-hydroxylation sites is 1. The number of guanidine groups is 1. The van der Waals surface area contributed by atoms with E-state index in [9.17, 15) is 0 Å². The fraction of sp³-hybridized carbons (Fsp3) is 0.545. The third-order valence-corrected chi connectivity index (χ3v) is 4.70. The number of halogens is 1. The fourth-order valence-electron chi connectivity index (χ4n) is 3.29. The van der Waals surface area contributed by atoms with Gasteiger partial charge in [0.25, 0.3) is 0 Å². The van der Waals surface area contributed by atoms with Gasteiger partial charge in [0, 0.05) is 23.9 Å². The first-order chi connectivity index (χ1) is 13.2. The zero-order chi connectivity index (χ0) is 20.4. The lowest BCUT2D eigenvalue weighted by Gasteiger charge is -2.38. The molecule has 0 aliphatic carbocycles. The second-order valence-corrected chi connectivity index (χ2v) is 8.86. The highest BCUT2D eigenvalue weighted by Gasteiger charge is 2.34. The summed E-state index contributed by atoms with van der Waals surface area (Å²) >= 11 is 0. The number of hydrogen-bond donors (Lipinski definition) is 2. The molecule has 160 valence electrons. The van der Waals surface area contributed by atoms with Crippen molar-refractivity contribution in [2.24, 2.45) is 4.99 Å². The quantitative estimate of drug-likeness (QED) is 0.345. The van der Waals surface area contributed by atoms with Gasteiger partial charge in [-0.05, 0) is 26.8 Å². The minimum Gasteiger partial charge on any atom is -0.487 e. The van der Waals surface area contributed by atoms with Crippen molar-refractivity contribution in [2.75, 3.05) is 6.54 Å². The number of nitrogens with one attached hydrogen (secondary N) is 2. The molecule has 6 nitrogen and oxygen atoms in total. The van der Waals surface area contributed by atoms with Crippen LogP contribution in [0, 0.1) is 0 Å². The van der Waals surface area contributed by atoms with E-state index in [1.54, 1.807) is 6.20 Å². The number of benzene rings is 1. The third-order valence-electron chi connectivity index (χ3n) is 4.70. The predicted octanol–water partition coefficient (Wildman–Crippen LogP) is 4.95. The average molecular weight is 512 g/mol. The van der Waals surface area contributed by atoms with Crippen LogP contribution in [0.15, 0.2) is 39.9 Å². The van der Waals surface area contributed by atoms with Gasteiger partial charge < -0.3 is 19.8 Å². The standard InChI is InChI=1S/C22H32N4O2.HI/c1-7-23-20(25-14-19-24-13-18(27-19)21(2,3)4)26-16-12-22(5,6)28-17-11-9-8-10-15(16)17;/h8-11,13,16H,7,12,14H2,1-6H3,(H2,23,25,26);1H. The van der Waals surface area contributed by atoms with Crippen molar-refractivity contribution in [3.8, 4) is 5.75 Å². The summed E-state index contributed by atoms with van der Waals surface area (Å²) in [6.45, 7) is 13.8. The van der Waals surface area contributed by atoms with Crippen LogP contribution in [0.25, 0.3) is 0 Å². The normalized spacial score (nSPS) is 18.3. The summed E-state index contributed by atoms with van der Waals surface area (Å²) in [5, 5.41) is 6.89. The Kier molecular flexibility index (Phi) is 7.59. The number of aliphatic imine (C=N–C) groups is 1. The smallest absolute Gasteiger partial charge is 0.216 e. The molecular weight excluding hydrogens is 479 g/mol. The van der Waals surface area contributed by atoms with Crippen LogP contribution in [-0.2, 0) is 12.0 Å². The largest absolute Gasteiger partial charge is 0.487 e. The van der Waals surface area contributed by atoms with E-state index in [1.165, 1.54) is 0 Å². The summed E-state index contributed by atoms with van der Waals surface area (Å²) in [4.78, 5) is 9.06. The van der Waals surface area contributed by atoms with Gasteiger partial charge in [-0.2, -0.15) is 0 Å². The van der Waals surface area contributed by atoms with Crippen LogP contribution < -0.4 is 15.4 Å². The van der Waals surface area contributed by atoms with E-state index in [0.29, 0.717) is 12.4 Å². The minimum absolute atomic E-state index is 0. The lowest BCUT2D eigenvalue weighted by Crippen LogP contribution is -2.45. The zero-order valence-corrected chi connectivity index (χ0v) is 20.5. The van der Waals surface area contributed by atoms with Gasteiger partial charge in [-0.1, -0.05) is 39.0 Å². The second-order valence-electron chi connectivity index (χ2n) is 8.86. The monoisotopic (exact) mass is 512 g/mol. The molecule has 0 amide bonds. The Hall–Kier alpha value is -1.77. The van der Waals surface area contributed by atoms with Crippen molar-refractivity contribution < 1.29 is 9.15 Å². The highest BCUT2D eigenvalue weighted by molar-refractivity contribution is 14.0. The molecule has 0 saturated carbocycles. The molecular formula is C22H33IN4O2. The first-order valence-electron chi connectivity index (χ1n) is 9.96. The number of aromatic nitrogens is 1. The van der Waals surface area contributed by atoms with E-state index in [2.05, 4.69) is 63.2 Å². The van der Waals surface area contributed by atoms with E-state index in [1.807, 2.05) is 18.2 Å². The lowest BCUT2D eigenvalue weighted by atomic mass is 9.90. The summed E-state index contributed by atoms with van der Waals surface area (Å²) < 4.78 is 12.0. The summed E-state index contributed by atoms with van der Waals surface area (Å²) in [6, 6.07) is 8.30. The Bertz CT molecular complexity index is 839. The molecule has 0 bridgehead atoms. The molecule has 0 radical (unpaired) electrons. The number of oxazole rings is 1. The Balaban J connectivity index is 0.00000300. The summed E-state index contributed by atoms with van der Waals surface area (Å²) in [7, 11) is 0. The van der Waals surface area contributed by atoms with Gasteiger partial charge in [0.1, 0.15) is 23.7 Å². The fourth-order valence-corrected chi connectivity index (χ4v) is 3.29. The number of fused-ring (bicyclic) bond motifs is 1. The molecule has 0 saturated heterocycles. The molecule has 2 aromatic rings. The van der Waals surface area contributed by atoms with E-state index < -0.39 is 0 Å². The van der Waals surface area contributed by atoms with Crippen LogP contribution >= 0.6 is 24.0 Å². The maximum Gasteiger partial charge on any atom is 0.216 e. The van der Waals surface area contributed by atoms with Crippen molar-refractivity contribution in [1.29, 1.82) is 0 Å². The third kappa shape index (κ3) is 6.10. The molecule has 1 aliphatic rings. The maximum absolute atomic E-state index is 6.13. The number of rotatable bonds is 4. The number of hydrogen-bond acceptors (Lipinski definition) is 4. The molecule has 3 rings (SSSR count). The minimum atomic E-state index is -0.243. The zero-order valence-electron chi connectivity index (χ0n) is 18.2. The Morgan fingerprint density at radius 3 is 2.66 bits per heavy atom.